The summed E-state index contributed by atoms with van der Waals surface area (Å²) in [5.74, 6) is 0. The number of benzene rings is 2. The molecule has 0 aliphatic carbocycles. The van der Waals surface area contributed by atoms with Gasteiger partial charge in [0.05, 0.1) is 17.1 Å². The van der Waals surface area contributed by atoms with Crippen molar-refractivity contribution in [1.82, 2.24) is 14.5 Å². The number of nitrogens with zero attached hydrogens (tertiary/aromatic N) is 2. The lowest BCUT2D eigenvalue weighted by molar-refractivity contribution is 0.548. The Bertz CT molecular complexity index is 1050. The Morgan fingerprint density at radius 2 is 1.65 bits per heavy atom. The molecule has 26 heavy (non-hydrogen) atoms. The SMILES string of the molecule is O=c1ccc(-c2ccccc2)nn1CCNS(=O)(=O)c1ccc(Br)cc1. The lowest BCUT2D eigenvalue weighted by atomic mass is 10.1. The molecule has 0 amide bonds. The smallest absolute Gasteiger partial charge is 0.266 e. The van der Waals surface area contributed by atoms with E-state index in [-0.39, 0.29) is 23.5 Å². The molecule has 0 saturated heterocycles. The van der Waals surface area contributed by atoms with Crippen molar-refractivity contribution in [2.75, 3.05) is 6.54 Å². The van der Waals surface area contributed by atoms with Crippen molar-refractivity contribution in [3.63, 3.8) is 0 Å². The highest BCUT2D eigenvalue weighted by Gasteiger charge is 2.13. The third-order valence-electron chi connectivity index (χ3n) is 3.68. The largest absolute Gasteiger partial charge is 0.268 e. The van der Waals surface area contributed by atoms with Crippen LogP contribution in [0.3, 0.4) is 0 Å². The van der Waals surface area contributed by atoms with Crippen molar-refractivity contribution < 1.29 is 8.42 Å². The fourth-order valence-electron chi connectivity index (χ4n) is 2.35. The highest BCUT2D eigenvalue weighted by Crippen LogP contribution is 2.15. The molecule has 0 saturated carbocycles. The summed E-state index contributed by atoms with van der Waals surface area (Å²) >= 11 is 3.27. The summed E-state index contributed by atoms with van der Waals surface area (Å²) in [7, 11) is -3.64. The van der Waals surface area contributed by atoms with Crippen molar-refractivity contribution >= 4 is 26.0 Å². The van der Waals surface area contributed by atoms with E-state index in [0.717, 1.165) is 10.0 Å². The van der Waals surface area contributed by atoms with Gasteiger partial charge in [0.25, 0.3) is 5.56 Å². The zero-order valence-electron chi connectivity index (χ0n) is 13.7. The minimum absolute atomic E-state index is 0.0591. The molecule has 134 valence electrons. The van der Waals surface area contributed by atoms with E-state index >= 15 is 0 Å². The second kappa shape index (κ2) is 7.94. The topological polar surface area (TPSA) is 81.1 Å². The van der Waals surface area contributed by atoms with E-state index < -0.39 is 10.0 Å². The van der Waals surface area contributed by atoms with Gasteiger partial charge in [0, 0.05) is 22.6 Å². The second-order valence-corrected chi connectivity index (χ2v) is 8.18. The van der Waals surface area contributed by atoms with Crippen LogP contribution in [0.2, 0.25) is 0 Å². The quantitative estimate of drug-likeness (QED) is 0.647. The molecule has 6 nitrogen and oxygen atoms in total. The van der Waals surface area contributed by atoms with Gasteiger partial charge in [0.2, 0.25) is 10.0 Å². The summed E-state index contributed by atoms with van der Waals surface area (Å²) in [5, 5.41) is 4.31. The van der Waals surface area contributed by atoms with Gasteiger partial charge in [-0.1, -0.05) is 46.3 Å². The van der Waals surface area contributed by atoms with E-state index in [4.69, 9.17) is 0 Å². The number of sulfonamides is 1. The third kappa shape index (κ3) is 4.46. The van der Waals surface area contributed by atoms with E-state index in [0.29, 0.717) is 5.69 Å². The first-order valence-corrected chi connectivity index (χ1v) is 10.1. The van der Waals surface area contributed by atoms with Gasteiger partial charge in [-0.2, -0.15) is 5.10 Å². The maximum atomic E-state index is 12.3. The van der Waals surface area contributed by atoms with Crippen LogP contribution in [0.1, 0.15) is 0 Å². The minimum Gasteiger partial charge on any atom is -0.268 e. The van der Waals surface area contributed by atoms with E-state index in [1.54, 1.807) is 18.2 Å². The van der Waals surface area contributed by atoms with Crippen molar-refractivity contribution in [2.45, 2.75) is 11.4 Å². The fraction of sp³-hybridized carbons (Fsp3) is 0.111. The van der Waals surface area contributed by atoms with Gasteiger partial charge >= 0.3 is 0 Å². The Hall–Kier alpha value is -2.29. The van der Waals surface area contributed by atoms with Crippen LogP contribution < -0.4 is 10.3 Å². The molecule has 0 atom stereocenters. The normalized spacial score (nSPS) is 11.4. The van der Waals surface area contributed by atoms with E-state index in [9.17, 15) is 13.2 Å². The van der Waals surface area contributed by atoms with Crippen LogP contribution in [0.5, 0.6) is 0 Å². The van der Waals surface area contributed by atoms with Crippen molar-refractivity contribution in [1.29, 1.82) is 0 Å². The average Bonchev–Trinajstić information content (AvgIpc) is 2.64. The molecule has 0 fully saturated rings. The maximum Gasteiger partial charge on any atom is 0.266 e. The van der Waals surface area contributed by atoms with Crippen LogP contribution in [0.15, 0.2) is 80.9 Å². The third-order valence-corrected chi connectivity index (χ3v) is 5.68. The van der Waals surface area contributed by atoms with Crippen LogP contribution >= 0.6 is 15.9 Å². The molecular weight excluding hydrogens is 418 g/mol. The zero-order chi connectivity index (χ0) is 18.6. The summed E-state index contributed by atoms with van der Waals surface area (Å²) in [5.41, 5.74) is 1.25. The predicted molar refractivity (Wildman–Crippen MR) is 103 cm³/mol. The molecule has 3 rings (SSSR count). The van der Waals surface area contributed by atoms with Gasteiger partial charge in [0.15, 0.2) is 0 Å². The molecular formula is C18H16BrN3O3S. The molecule has 0 aliphatic heterocycles. The Morgan fingerprint density at radius 1 is 0.962 bits per heavy atom. The molecule has 3 aromatic rings. The van der Waals surface area contributed by atoms with Crippen LogP contribution in [-0.2, 0) is 16.6 Å². The zero-order valence-corrected chi connectivity index (χ0v) is 16.1. The Labute approximate surface area is 159 Å². The van der Waals surface area contributed by atoms with Crippen LogP contribution in [-0.4, -0.2) is 24.7 Å². The number of rotatable bonds is 6. The molecule has 0 unspecified atom stereocenters. The van der Waals surface area contributed by atoms with Crippen molar-refractivity contribution in [3.8, 4) is 11.3 Å². The van der Waals surface area contributed by atoms with Gasteiger partial charge in [-0.3, -0.25) is 4.79 Å². The van der Waals surface area contributed by atoms with E-state index in [2.05, 4.69) is 25.8 Å². The molecule has 0 radical (unpaired) electrons. The molecule has 0 bridgehead atoms. The Morgan fingerprint density at radius 3 is 2.35 bits per heavy atom. The molecule has 1 aromatic heterocycles. The van der Waals surface area contributed by atoms with E-state index in [1.807, 2.05) is 30.3 Å². The predicted octanol–water partition coefficient (Wildman–Crippen LogP) is 2.65. The second-order valence-electron chi connectivity index (χ2n) is 5.50. The lowest BCUT2D eigenvalue weighted by Crippen LogP contribution is -2.32. The fourth-order valence-corrected chi connectivity index (χ4v) is 3.64. The summed E-state index contributed by atoms with van der Waals surface area (Å²) in [6.45, 7) is 0.193. The maximum absolute atomic E-state index is 12.3. The lowest BCUT2D eigenvalue weighted by Gasteiger charge is -2.09. The van der Waals surface area contributed by atoms with Crippen LogP contribution in [0, 0.1) is 0 Å². The van der Waals surface area contributed by atoms with Crippen molar-refractivity contribution in [2.24, 2.45) is 0 Å². The van der Waals surface area contributed by atoms with Gasteiger partial charge in [0.1, 0.15) is 0 Å². The number of hydrogen-bond acceptors (Lipinski definition) is 4. The summed E-state index contributed by atoms with van der Waals surface area (Å²) in [6, 6.07) is 18.9. The Balaban J connectivity index is 1.72. The van der Waals surface area contributed by atoms with Gasteiger partial charge < -0.3 is 0 Å². The number of nitrogens with one attached hydrogen (secondary N) is 1. The average molecular weight is 434 g/mol. The highest BCUT2D eigenvalue weighted by molar-refractivity contribution is 9.10. The highest BCUT2D eigenvalue weighted by atomic mass is 79.9. The van der Waals surface area contributed by atoms with E-state index in [1.165, 1.54) is 22.9 Å². The minimum atomic E-state index is -3.64. The first-order chi connectivity index (χ1) is 12.5. The standard InChI is InChI=1S/C18H16BrN3O3S/c19-15-6-8-16(9-7-15)26(24,25)20-12-13-22-18(23)11-10-17(21-22)14-4-2-1-3-5-14/h1-11,20H,12-13H2. The summed E-state index contributed by atoms with van der Waals surface area (Å²) in [4.78, 5) is 12.1. The first kappa shape index (κ1) is 18.5. The summed E-state index contributed by atoms with van der Waals surface area (Å²) in [6.07, 6.45) is 0. The number of halogens is 1. The molecule has 8 heteroatoms. The molecule has 1 heterocycles. The Kier molecular flexibility index (Phi) is 5.65. The first-order valence-electron chi connectivity index (χ1n) is 7.84. The number of hydrogen-bond donors (Lipinski definition) is 1. The summed E-state index contributed by atoms with van der Waals surface area (Å²) < 4.78 is 29.1. The van der Waals surface area contributed by atoms with Crippen LogP contribution in [0.25, 0.3) is 11.3 Å². The van der Waals surface area contributed by atoms with Crippen molar-refractivity contribution in [3.05, 3.63) is 81.6 Å². The molecule has 0 spiro atoms. The molecule has 2 aromatic carbocycles. The molecule has 0 aliphatic rings. The van der Waals surface area contributed by atoms with Gasteiger partial charge in [-0.25, -0.2) is 17.8 Å². The molecule has 1 N–H and O–H groups in total. The van der Waals surface area contributed by atoms with Gasteiger partial charge in [-0.15, -0.1) is 0 Å². The van der Waals surface area contributed by atoms with Gasteiger partial charge in [-0.05, 0) is 30.3 Å². The van der Waals surface area contributed by atoms with Crippen LogP contribution in [0.4, 0.5) is 0 Å². The monoisotopic (exact) mass is 433 g/mol. The number of aromatic nitrogens is 2.